The Balaban J connectivity index is 0.000000112. The van der Waals surface area contributed by atoms with Crippen molar-refractivity contribution in [3.63, 3.8) is 0 Å². The molecule has 1 fully saturated rings. The van der Waals surface area contributed by atoms with Crippen LogP contribution in [0.15, 0.2) is 156 Å². The van der Waals surface area contributed by atoms with Crippen LogP contribution in [-0.2, 0) is 9.31 Å². The van der Waals surface area contributed by atoms with Gasteiger partial charge in [-0.1, -0.05) is 66.7 Å². The summed E-state index contributed by atoms with van der Waals surface area (Å²) in [6, 6.07) is 40.4. The molecule has 0 N–H and O–H groups in total. The predicted molar refractivity (Wildman–Crippen MR) is 258 cm³/mol. The summed E-state index contributed by atoms with van der Waals surface area (Å²) in [5.74, 6) is 0. The first kappa shape index (κ1) is 40.0. The van der Waals surface area contributed by atoms with Crippen molar-refractivity contribution in [1.29, 1.82) is 0 Å². The highest BCUT2D eigenvalue weighted by Gasteiger charge is 2.52. The fraction of sp³-hybridized carbons (Fsp3) is 0.154. The first-order valence-electron chi connectivity index (χ1n) is 21.0. The summed E-state index contributed by atoms with van der Waals surface area (Å²) in [6.07, 6.45) is 3.52. The first-order chi connectivity index (χ1) is 30.9. The molecule has 12 aromatic rings. The van der Waals surface area contributed by atoms with E-state index in [0.717, 1.165) is 109 Å². The number of pyridine rings is 4. The lowest BCUT2D eigenvalue weighted by Gasteiger charge is -2.32. The van der Waals surface area contributed by atoms with Crippen LogP contribution in [0.2, 0.25) is 0 Å². The van der Waals surface area contributed by atoms with Crippen molar-refractivity contribution in [2.75, 3.05) is 0 Å². The molecule has 4 aromatic carbocycles. The largest absolute Gasteiger partial charge is 0.498 e. The average molecular weight is 908 g/mol. The van der Waals surface area contributed by atoms with E-state index >= 15 is 0 Å². The number of rotatable bonds is 2. The SMILES string of the molecule is Brc1cc2c(cn1)oc1ccccc12.Cc1ccc2c(n1)oc1c(-c3cc4c(cn3)oc3ccccc34)cccc12.Cc1ccc2c(n1)oc1c(B3OC(C)(C)C(C)(C)O3)cccc12. The Morgan fingerprint density at radius 3 is 1.61 bits per heavy atom. The highest BCUT2D eigenvalue weighted by molar-refractivity contribution is 9.10. The Morgan fingerprint density at radius 2 is 0.984 bits per heavy atom. The minimum absolute atomic E-state index is 0.374. The molecule has 0 radical (unpaired) electrons. The number of benzene rings is 4. The van der Waals surface area contributed by atoms with Crippen LogP contribution in [0.5, 0.6) is 0 Å². The van der Waals surface area contributed by atoms with Crippen molar-refractivity contribution in [2.24, 2.45) is 0 Å². The zero-order valence-electron chi connectivity index (χ0n) is 35.9. The van der Waals surface area contributed by atoms with E-state index in [1.54, 1.807) is 12.4 Å². The smallest absolute Gasteiger partial charge is 0.454 e. The van der Waals surface area contributed by atoms with E-state index in [1.165, 1.54) is 0 Å². The lowest BCUT2D eigenvalue weighted by atomic mass is 9.78. The zero-order valence-corrected chi connectivity index (χ0v) is 37.5. The van der Waals surface area contributed by atoms with Crippen LogP contribution in [0, 0.1) is 13.8 Å². The normalized spacial score (nSPS) is 14.6. The van der Waals surface area contributed by atoms with Gasteiger partial charge in [0.05, 0.1) is 29.3 Å². The zero-order chi connectivity index (χ0) is 43.9. The van der Waals surface area contributed by atoms with E-state index in [9.17, 15) is 0 Å². The molecule has 64 heavy (non-hydrogen) atoms. The molecular weight excluding hydrogens is 867 g/mol. The second-order valence-electron chi connectivity index (χ2n) is 17.1. The summed E-state index contributed by atoms with van der Waals surface area (Å²) in [7, 11) is -0.439. The number of fused-ring (bicyclic) bond motifs is 12. The van der Waals surface area contributed by atoms with Crippen molar-refractivity contribution in [2.45, 2.75) is 52.7 Å². The fourth-order valence-corrected chi connectivity index (χ4v) is 8.64. The Labute approximate surface area is 375 Å². The summed E-state index contributed by atoms with van der Waals surface area (Å²) < 4.78 is 36.9. The van der Waals surface area contributed by atoms with E-state index in [2.05, 4.69) is 93.9 Å². The molecule has 0 aliphatic carbocycles. The van der Waals surface area contributed by atoms with Crippen LogP contribution in [0.4, 0.5) is 0 Å². The van der Waals surface area contributed by atoms with Gasteiger partial charge in [0.15, 0.2) is 11.2 Å². The number of halogens is 1. The summed E-state index contributed by atoms with van der Waals surface area (Å²) in [4.78, 5) is 17.8. The Bertz CT molecular complexity index is 3760. The van der Waals surface area contributed by atoms with Gasteiger partial charge in [-0.15, -0.1) is 0 Å². The molecule has 9 heterocycles. The monoisotopic (exact) mass is 906 g/mol. The van der Waals surface area contributed by atoms with E-state index in [1.807, 2.05) is 105 Å². The van der Waals surface area contributed by atoms with Crippen molar-refractivity contribution in [1.82, 2.24) is 19.9 Å². The molecule has 0 unspecified atom stereocenters. The second-order valence-corrected chi connectivity index (χ2v) is 17.9. The third-order valence-corrected chi connectivity index (χ3v) is 12.7. The molecule has 1 saturated heterocycles. The van der Waals surface area contributed by atoms with Crippen LogP contribution in [0.25, 0.3) is 99.3 Å². The van der Waals surface area contributed by atoms with E-state index in [-0.39, 0.29) is 11.2 Å². The molecule has 0 bridgehead atoms. The lowest BCUT2D eigenvalue weighted by molar-refractivity contribution is 0.00578. The van der Waals surface area contributed by atoms with Crippen LogP contribution < -0.4 is 5.46 Å². The first-order valence-corrected chi connectivity index (χ1v) is 21.8. The van der Waals surface area contributed by atoms with Gasteiger partial charge in [0.1, 0.15) is 26.9 Å². The lowest BCUT2D eigenvalue weighted by Crippen LogP contribution is -2.41. The molecule has 0 saturated carbocycles. The molecule has 0 amide bonds. The molecular formula is C52H40BBrN4O6. The Kier molecular flexibility index (Phi) is 9.46. The third-order valence-electron chi connectivity index (χ3n) is 12.3. The van der Waals surface area contributed by atoms with Crippen molar-refractivity contribution in [3.05, 3.63) is 150 Å². The van der Waals surface area contributed by atoms with Crippen LogP contribution in [-0.4, -0.2) is 38.3 Å². The van der Waals surface area contributed by atoms with Crippen LogP contribution >= 0.6 is 15.9 Å². The summed E-state index contributed by atoms with van der Waals surface area (Å²) in [5.41, 5.74) is 10.2. The fourth-order valence-electron chi connectivity index (χ4n) is 8.31. The molecule has 10 nitrogen and oxygen atoms in total. The summed E-state index contributed by atoms with van der Waals surface area (Å²) >= 11 is 3.35. The molecule has 1 aliphatic heterocycles. The van der Waals surface area contributed by atoms with E-state index < -0.39 is 7.12 Å². The standard InChI is InChI=1S/C23H14N2O2.C18H20BNO3.C11H6BrNO/c1-13-9-10-16-15-6-4-7-17(22(15)27-23(16)25-13)19-11-18-14-5-2-3-8-20(14)26-21(18)12-24-19;1-11-9-10-13-12-7-6-8-14(15(12)21-16(13)20-11)19-22-17(2,3)18(4,5)23-19;12-11-5-8-7-3-1-2-4-9(7)14-10(8)6-13-11/h2-12H,1H3;6-10H,1-5H3;1-6H. The molecule has 1 aliphatic rings. The minimum Gasteiger partial charge on any atom is -0.454 e. The van der Waals surface area contributed by atoms with Crippen LogP contribution in [0.1, 0.15) is 39.1 Å². The van der Waals surface area contributed by atoms with Crippen molar-refractivity contribution < 1.29 is 27.0 Å². The molecule has 12 heteroatoms. The maximum Gasteiger partial charge on any atom is 0.498 e. The molecule has 0 spiro atoms. The average Bonchev–Trinajstić information content (AvgIpc) is 4.08. The molecule has 8 aromatic heterocycles. The highest BCUT2D eigenvalue weighted by atomic mass is 79.9. The number of aryl methyl sites for hydroxylation is 2. The van der Waals surface area contributed by atoms with Crippen molar-refractivity contribution in [3.8, 4) is 11.3 Å². The highest BCUT2D eigenvalue weighted by Crippen LogP contribution is 2.39. The van der Waals surface area contributed by atoms with Gasteiger partial charge in [0.25, 0.3) is 0 Å². The third kappa shape index (κ3) is 6.80. The number of para-hydroxylation sites is 4. The molecule has 0 atom stereocenters. The number of furan rings is 4. The van der Waals surface area contributed by atoms with Gasteiger partial charge in [0, 0.05) is 65.5 Å². The van der Waals surface area contributed by atoms with Gasteiger partial charge in [0.2, 0.25) is 11.4 Å². The van der Waals surface area contributed by atoms with Gasteiger partial charge in [-0.25, -0.2) is 15.0 Å². The maximum atomic E-state index is 6.18. The Morgan fingerprint density at radius 1 is 0.469 bits per heavy atom. The predicted octanol–water partition coefficient (Wildman–Crippen LogP) is 13.6. The maximum absolute atomic E-state index is 6.18. The van der Waals surface area contributed by atoms with Gasteiger partial charge >= 0.3 is 7.12 Å². The number of nitrogens with zero attached hydrogens (tertiary/aromatic N) is 4. The van der Waals surface area contributed by atoms with Crippen LogP contribution in [0.3, 0.4) is 0 Å². The molecule has 314 valence electrons. The number of aromatic nitrogens is 4. The van der Waals surface area contributed by atoms with E-state index in [0.29, 0.717) is 11.4 Å². The number of hydrogen-bond donors (Lipinski definition) is 0. The minimum atomic E-state index is -0.439. The molecule has 13 rings (SSSR count). The Hall–Kier alpha value is -6.86. The van der Waals surface area contributed by atoms with E-state index in [4.69, 9.17) is 27.0 Å². The topological polar surface area (TPSA) is 123 Å². The summed E-state index contributed by atoms with van der Waals surface area (Å²) in [5, 5.41) is 8.50. The second kappa shape index (κ2) is 15.2. The van der Waals surface area contributed by atoms with Gasteiger partial charge in [-0.2, -0.15) is 0 Å². The quantitative estimate of drug-likeness (QED) is 0.122. The van der Waals surface area contributed by atoms with Gasteiger partial charge in [-0.3, -0.25) is 4.98 Å². The van der Waals surface area contributed by atoms with Gasteiger partial charge in [-0.05, 0) is 112 Å². The van der Waals surface area contributed by atoms with Crippen molar-refractivity contribution >= 4 is 117 Å². The van der Waals surface area contributed by atoms with Gasteiger partial charge < -0.3 is 27.0 Å². The number of hydrogen-bond acceptors (Lipinski definition) is 10. The summed E-state index contributed by atoms with van der Waals surface area (Å²) in [6.45, 7) is 12.1.